The topological polar surface area (TPSA) is 55.8 Å². The molecule has 0 heterocycles. The summed E-state index contributed by atoms with van der Waals surface area (Å²) in [5.74, 6) is -0.217. The lowest BCUT2D eigenvalue weighted by atomic mass is 10.1. The molecule has 0 aliphatic rings. The molecule has 0 aromatic rings. The van der Waals surface area contributed by atoms with Crippen LogP contribution in [0.4, 0.5) is 0 Å². The smallest absolute Gasteiger partial charge is 0.306 e. The first-order valence-corrected chi connectivity index (χ1v) is 18.9. The van der Waals surface area contributed by atoms with Gasteiger partial charge in [0.1, 0.15) is 6.10 Å². The summed E-state index contributed by atoms with van der Waals surface area (Å²) in [5.41, 5.74) is 0. The number of aliphatic hydroxyl groups excluding tert-OH is 1. The molecular weight excluding hydrogens is 556 g/mol. The Balaban J connectivity index is 3.49. The minimum Gasteiger partial charge on any atom is -0.457 e. The molecule has 4 heteroatoms. The van der Waals surface area contributed by atoms with Crippen molar-refractivity contribution in [3.05, 3.63) is 60.8 Å². The Kier molecular flexibility index (Phi) is 36.6. The maximum absolute atomic E-state index is 12.1. The van der Waals surface area contributed by atoms with Gasteiger partial charge in [-0.1, -0.05) is 145 Å². The van der Waals surface area contributed by atoms with Crippen molar-refractivity contribution in [1.82, 2.24) is 0 Å². The van der Waals surface area contributed by atoms with Crippen LogP contribution in [0.1, 0.15) is 168 Å². The van der Waals surface area contributed by atoms with E-state index in [1.54, 1.807) is 0 Å². The molecular formula is C41H72O4. The summed E-state index contributed by atoms with van der Waals surface area (Å²) in [7, 11) is 0. The average Bonchev–Trinajstić information content (AvgIpc) is 3.05. The van der Waals surface area contributed by atoms with Gasteiger partial charge >= 0.3 is 5.97 Å². The highest BCUT2D eigenvalue weighted by Crippen LogP contribution is 2.11. The fraction of sp³-hybridized carbons (Fsp3) is 0.732. The fourth-order valence-electron chi connectivity index (χ4n) is 5.02. The number of unbranched alkanes of at least 4 members (excludes halogenated alkanes) is 16. The van der Waals surface area contributed by atoms with E-state index in [1.165, 1.54) is 89.9 Å². The quantitative estimate of drug-likeness (QED) is 0.0437. The first-order chi connectivity index (χ1) is 22.2. The molecule has 4 nitrogen and oxygen atoms in total. The van der Waals surface area contributed by atoms with Gasteiger partial charge in [-0.2, -0.15) is 0 Å². The molecule has 0 radical (unpaired) electrons. The Labute approximate surface area is 279 Å². The minimum absolute atomic E-state index is 0.182. The Hall–Kier alpha value is -1.91. The number of hydrogen-bond donors (Lipinski definition) is 1. The zero-order valence-corrected chi connectivity index (χ0v) is 29.6. The zero-order valence-electron chi connectivity index (χ0n) is 29.6. The van der Waals surface area contributed by atoms with Crippen molar-refractivity contribution in [2.45, 2.75) is 174 Å². The summed E-state index contributed by atoms with van der Waals surface area (Å²) < 4.78 is 11.1. The zero-order chi connectivity index (χ0) is 32.7. The van der Waals surface area contributed by atoms with Gasteiger partial charge in [0.15, 0.2) is 0 Å². The van der Waals surface area contributed by atoms with Gasteiger partial charge < -0.3 is 14.6 Å². The van der Waals surface area contributed by atoms with Crippen LogP contribution in [0.2, 0.25) is 0 Å². The van der Waals surface area contributed by atoms with Crippen molar-refractivity contribution < 1.29 is 19.4 Å². The number of esters is 1. The van der Waals surface area contributed by atoms with Gasteiger partial charge in [0.2, 0.25) is 0 Å². The maximum atomic E-state index is 12.1. The van der Waals surface area contributed by atoms with E-state index in [1.807, 2.05) is 0 Å². The molecule has 0 bridgehead atoms. The molecule has 260 valence electrons. The van der Waals surface area contributed by atoms with Gasteiger partial charge in [-0.3, -0.25) is 4.79 Å². The van der Waals surface area contributed by atoms with Crippen molar-refractivity contribution in [3.63, 3.8) is 0 Å². The molecule has 0 aromatic carbocycles. The van der Waals surface area contributed by atoms with E-state index in [-0.39, 0.29) is 19.2 Å². The number of allylic oxidation sites excluding steroid dienone is 10. The maximum Gasteiger partial charge on any atom is 0.306 e. The van der Waals surface area contributed by atoms with Gasteiger partial charge in [0.05, 0.1) is 13.2 Å². The van der Waals surface area contributed by atoms with E-state index in [9.17, 15) is 9.90 Å². The molecule has 45 heavy (non-hydrogen) atoms. The van der Waals surface area contributed by atoms with E-state index in [2.05, 4.69) is 74.6 Å². The van der Waals surface area contributed by atoms with Crippen molar-refractivity contribution in [1.29, 1.82) is 0 Å². The molecule has 1 N–H and O–H groups in total. The van der Waals surface area contributed by atoms with Gasteiger partial charge in [-0.15, -0.1) is 0 Å². The molecule has 0 saturated carbocycles. The van der Waals surface area contributed by atoms with Crippen LogP contribution in [-0.2, 0) is 14.3 Å². The second-order valence-corrected chi connectivity index (χ2v) is 12.3. The van der Waals surface area contributed by atoms with Crippen LogP contribution in [0.3, 0.4) is 0 Å². The summed E-state index contributed by atoms with van der Waals surface area (Å²) in [5, 5.41) is 9.56. The van der Waals surface area contributed by atoms with Crippen LogP contribution in [0.5, 0.6) is 0 Å². The Bertz CT molecular complexity index is 749. The van der Waals surface area contributed by atoms with Crippen molar-refractivity contribution in [2.75, 3.05) is 19.8 Å². The predicted octanol–water partition coefficient (Wildman–Crippen LogP) is 12.1. The minimum atomic E-state index is -0.545. The van der Waals surface area contributed by atoms with Gasteiger partial charge in [-0.25, -0.2) is 0 Å². The average molecular weight is 629 g/mol. The van der Waals surface area contributed by atoms with E-state index in [0.29, 0.717) is 13.0 Å². The predicted molar refractivity (Wildman–Crippen MR) is 196 cm³/mol. The number of carbonyl (C=O) groups excluding carboxylic acids is 1. The van der Waals surface area contributed by atoms with Crippen LogP contribution in [0, 0.1) is 0 Å². The standard InChI is InChI=1S/C41H72O4/c1-3-5-7-9-11-13-15-17-18-19-20-21-22-23-25-27-29-31-33-35-37-44-39-40(38-42)45-41(43)36-34-32-30-28-26-24-16-14-12-10-8-6-4-2/h5,7,11,13-14,16-18,20-21,40,42H,3-4,6,8-10,12,15,19,22-39H2,1-2H3/b7-5-,13-11-,16-14-,18-17-,21-20-. The van der Waals surface area contributed by atoms with Crippen LogP contribution in [0.15, 0.2) is 60.8 Å². The lowest BCUT2D eigenvalue weighted by molar-refractivity contribution is -0.154. The summed E-state index contributed by atoms with van der Waals surface area (Å²) in [4.78, 5) is 12.1. The molecule has 0 saturated heterocycles. The van der Waals surface area contributed by atoms with Crippen molar-refractivity contribution in [3.8, 4) is 0 Å². The van der Waals surface area contributed by atoms with E-state index in [4.69, 9.17) is 9.47 Å². The second kappa shape index (κ2) is 38.3. The number of aliphatic hydroxyl groups is 1. The second-order valence-electron chi connectivity index (χ2n) is 12.3. The van der Waals surface area contributed by atoms with E-state index < -0.39 is 6.10 Å². The molecule has 0 aromatic heterocycles. The molecule has 0 amide bonds. The molecule has 0 rings (SSSR count). The largest absolute Gasteiger partial charge is 0.457 e. The van der Waals surface area contributed by atoms with Crippen LogP contribution < -0.4 is 0 Å². The lowest BCUT2D eigenvalue weighted by Gasteiger charge is -2.15. The Morgan fingerprint density at radius 1 is 0.556 bits per heavy atom. The normalized spacial score (nSPS) is 13.0. The summed E-state index contributed by atoms with van der Waals surface area (Å²) in [6.45, 7) is 5.18. The van der Waals surface area contributed by atoms with Crippen molar-refractivity contribution in [2.24, 2.45) is 0 Å². The third-order valence-electron chi connectivity index (χ3n) is 7.83. The van der Waals surface area contributed by atoms with E-state index in [0.717, 1.165) is 57.8 Å². The fourth-order valence-corrected chi connectivity index (χ4v) is 5.02. The van der Waals surface area contributed by atoms with Crippen molar-refractivity contribution >= 4 is 5.97 Å². The molecule has 0 fully saturated rings. The molecule has 0 aliphatic carbocycles. The SMILES string of the molecule is CC/C=C\C/C=C\C/C=C\C/C=C\CCCCCCCCCOCC(CO)OC(=O)CCCCCCC/C=C\CCCCCC. The monoisotopic (exact) mass is 629 g/mol. The molecule has 1 unspecified atom stereocenters. The third-order valence-corrected chi connectivity index (χ3v) is 7.83. The number of hydrogen-bond acceptors (Lipinski definition) is 4. The van der Waals surface area contributed by atoms with Gasteiger partial charge in [0, 0.05) is 13.0 Å². The number of rotatable bonds is 34. The Morgan fingerprint density at radius 3 is 1.53 bits per heavy atom. The molecule has 0 aliphatic heterocycles. The van der Waals surface area contributed by atoms with Gasteiger partial charge in [0.25, 0.3) is 0 Å². The first-order valence-electron chi connectivity index (χ1n) is 18.9. The number of ether oxygens (including phenoxy) is 2. The highest BCUT2D eigenvalue weighted by Gasteiger charge is 2.13. The molecule has 0 spiro atoms. The van der Waals surface area contributed by atoms with Crippen LogP contribution in [-0.4, -0.2) is 37.0 Å². The highest BCUT2D eigenvalue weighted by atomic mass is 16.6. The lowest BCUT2D eigenvalue weighted by Crippen LogP contribution is -2.27. The molecule has 1 atom stereocenters. The number of carbonyl (C=O) groups is 1. The third kappa shape index (κ3) is 36.4. The summed E-state index contributed by atoms with van der Waals surface area (Å²) in [6.07, 6.45) is 49.7. The highest BCUT2D eigenvalue weighted by molar-refractivity contribution is 5.69. The van der Waals surface area contributed by atoms with Crippen LogP contribution >= 0.6 is 0 Å². The van der Waals surface area contributed by atoms with Gasteiger partial charge in [-0.05, 0) is 77.0 Å². The first kappa shape index (κ1) is 43.1. The summed E-state index contributed by atoms with van der Waals surface area (Å²) in [6, 6.07) is 0. The Morgan fingerprint density at radius 2 is 1.00 bits per heavy atom. The summed E-state index contributed by atoms with van der Waals surface area (Å²) >= 11 is 0. The van der Waals surface area contributed by atoms with Crippen LogP contribution in [0.25, 0.3) is 0 Å². The van der Waals surface area contributed by atoms with E-state index >= 15 is 0 Å².